The normalized spacial score (nSPS) is 25.7. The smallest absolute Gasteiger partial charge is 0.407 e. The zero-order valence-electron chi connectivity index (χ0n) is 13.3. The summed E-state index contributed by atoms with van der Waals surface area (Å²) in [6.07, 6.45) is 2.36. The van der Waals surface area contributed by atoms with E-state index in [9.17, 15) is 9.59 Å². The summed E-state index contributed by atoms with van der Waals surface area (Å²) >= 11 is 0. The summed E-state index contributed by atoms with van der Waals surface area (Å²) in [5.74, 6) is 0.333. The Morgan fingerprint density at radius 2 is 1.91 bits per heavy atom. The van der Waals surface area contributed by atoms with Crippen LogP contribution < -0.4 is 10.2 Å². The lowest BCUT2D eigenvalue weighted by Gasteiger charge is -2.22. The third-order valence-corrected chi connectivity index (χ3v) is 4.06. The molecule has 8 heteroatoms. The van der Waals surface area contributed by atoms with Crippen molar-refractivity contribution in [3.8, 4) is 0 Å². The lowest BCUT2D eigenvalue weighted by atomic mass is 10.2. The summed E-state index contributed by atoms with van der Waals surface area (Å²) in [4.78, 5) is 32.6. The molecule has 1 aromatic rings. The first kappa shape index (κ1) is 15.5. The van der Waals surface area contributed by atoms with Gasteiger partial charge in [-0.2, -0.15) is 0 Å². The Hall–Kier alpha value is -2.38. The molecule has 2 fully saturated rings. The number of carboxylic acids is 1. The molecule has 23 heavy (non-hydrogen) atoms. The number of hydrogen-bond acceptors (Lipinski definition) is 6. The van der Waals surface area contributed by atoms with Crippen LogP contribution in [0.5, 0.6) is 0 Å². The van der Waals surface area contributed by atoms with Crippen molar-refractivity contribution in [1.29, 1.82) is 0 Å². The van der Waals surface area contributed by atoms with Crippen LogP contribution in [0.3, 0.4) is 0 Å². The molecule has 2 unspecified atom stereocenters. The molecule has 3 rings (SSSR count). The number of carbonyl (C=O) groups is 2. The molecule has 1 aliphatic heterocycles. The fraction of sp³-hybridized carbons (Fsp3) is 0.600. The Bertz CT molecular complexity index is 613. The second-order valence-electron chi connectivity index (χ2n) is 6.97. The average molecular weight is 320 g/mol. The number of nitrogens with zero attached hydrogens (tertiary/aromatic N) is 3. The molecule has 2 aliphatic rings. The molecule has 0 aromatic carbocycles. The van der Waals surface area contributed by atoms with Crippen molar-refractivity contribution in [3.63, 3.8) is 0 Å². The van der Waals surface area contributed by atoms with Crippen molar-refractivity contribution in [2.75, 3.05) is 18.0 Å². The van der Waals surface area contributed by atoms with Crippen molar-refractivity contribution in [2.45, 2.75) is 32.4 Å². The predicted molar refractivity (Wildman–Crippen MR) is 81.3 cm³/mol. The van der Waals surface area contributed by atoms with Gasteiger partial charge in [-0.1, -0.05) is 0 Å². The predicted octanol–water partition coefficient (Wildman–Crippen LogP) is 1.13. The molecule has 2 atom stereocenters. The fourth-order valence-corrected chi connectivity index (χ4v) is 2.97. The van der Waals surface area contributed by atoms with E-state index in [0.717, 1.165) is 13.1 Å². The maximum absolute atomic E-state index is 11.8. The maximum atomic E-state index is 11.8. The molecule has 0 radical (unpaired) electrons. The minimum absolute atomic E-state index is 0.0671. The molecule has 0 bridgehead atoms. The highest BCUT2D eigenvalue weighted by Gasteiger charge is 2.57. The van der Waals surface area contributed by atoms with E-state index in [2.05, 4.69) is 20.2 Å². The summed E-state index contributed by atoms with van der Waals surface area (Å²) in [5, 5.41) is 11.7. The largest absolute Gasteiger partial charge is 0.476 e. The highest BCUT2D eigenvalue weighted by molar-refractivity contribution is 5.84. The molecule has 0 spiro atoms. The van der Waals surface area contributed by atoms with E-state index < -0.39 is 11.6 Å². The number of aromatic nitrogens is 2. The number of amides is 1. The van der Waals surface area contributed by atoms with Gasteiger partial charge in [0.05, 0.1) is 12.4 Å². The van der Waals surface area contributed by atoms with E-state index in [0.29, 0.717) is 17.7 Å². The topological polar surface area (TPSA) is 105 Å². The monoisotopic (exact) mass is 320 g/mol. The first-order valence-corrected chi connectivity index (χ1v) is 7.54. The second kappa shape index (κ2) is 5.36. The molecule has 1 aromatic heterocycles. The van der Waals surface area contributed by atoms with Crippen LogP contribution in [-0.4, -0.2) is 51.9 Å². The van der Waals surface area contributed by atoms with Crippen molar-refractivity contribution < 1.29 is 19.4 Å². The van der Waals surface area contributed by atoms with E-state index in [1.54, 1.807) is 0 Å². The quantitative estimate of drug-likeness (QED) is 0.860. The van der Waals surface area contributed by atoms with E-state index in [4.69, 9.17) is 9.84 Å². The number of ether oxygens (including phenoxy) is 1. The van der Waals surface area contributed by atoms with Gasteiger partial charge in [-0.05, 0) is 20.8 Å². The van der Waals surface area contributed by atoms with Crippen LogP contribution in [0.1, 0.15) is 31.3 Å². The molecule has 1 amide bonds. The summed E-state index contributed by atoms with van der Waals surface area (Å²) < 4.78 is 5.26. The third-order valence-electron chi connectivity index (χ3n) is 4.06. The van der Waals surface area contributed by atoms with Gasteiger partial charge in [0.2, 0.25) is 0 Å². The van der Waals surface area contributed by atoms with Crippen molar-refractivity contribution in [3.05, 3.63) is 18.1 Å². The first-order chi connectivity index (χ1) is 10.7. The Kier molecular flexibility index (Phi) is 3.62. The molecular formula is C15H20N4O4. The van der Waals surface area contributed by atoms with Gasteiger partial charge in [0.25, 0.3) is 0 Å². The van der Waals surface area contributed by atoms with Crippen LogP contribution in [0.25, 0.3) is 0 Å². The molecule has 1 saturated heterocycles. The van der Waals surface area contributed by atoms with E-state index in [1.165, 1.54) is 12.4 Å². The minimum Gasteiger partial charge on any atom is -0.476 e. The maximum Gasteiger partial charge on any atom is 0.407 e. The standard InChI is InChI=1S/C15H20N4O4/c1-15(2,3)23-14(22)18-12-8-6-19(7-9(8)12)11-5-16-10(4-17-11)13(20)21/h4-5,8-9,12H,6-7H2,1-3H3,(H,18,22)(H,20,21). The lowest BCUT2D eigenvalue weighted by molar-refractivity contribution is 0.0517. The summed E-state index contributed by atoms with van der Waals surface area (Å²) in [7, 11) is 0. The molecule has 8 nitrogen and oxygen atoms in total. The Labute approximate surface area is 133 Å². The minimum atomic E-state index is -1.09. The third kappa shape index (κ3) is 3.35. The van der Waals surface area contributed by atoms with Gasteiger partial charge in [0.15, 0.2) is 5.69 Å². The van der Waals surface area contributed by atoms with E-state index in [1.807, 2.05) is 20.8 Å². The molecule has 2 heterocycles. The van der Waals surface area contributed by atoms with Crippen LogP contribution in [0, 0.1) is 11.8 Å². The van der Waals surface area contributed by atoms with Crippen molar-refractivity contribution >= 4 is 17.9 Å². The Morgan fingerprint density at radius 3 is 2.39 bits per heavy atom. The van der Waals surface area contributed by atoms with Crippen LogP contribution in [0.15, 0.2) is 12.4 Å². The number of alkyl carbamates (subject to hydrolysis) is 1. The second-order valence-corrected chi connectivity index (χ2v) is 6.97. The summed E-state index contributed by atoms with van der Waals surface area (Å²) in [6.45, 7) is 7.04. The van der Waals surface area contributed by atoms with Gasteiger partial charge in [-0.3, -0.25) is 0 Å². The number of carboxylic acid groups (broad SMARTS) is 1. The average Bonchev–Trinajstić information content (AvgIpc) is 2.90. The van der Waals surface area contributed by atoms with Crippen molar-refractivity contribution in [2.24, 2.45) is 11.8 Å². The number of anilines is 1. The zero-order chi connectivity index (χ0) is 16.8. The van der Waals surface area contributed by atoms with Crippen LogP contribution in [-0.2, 0) is 4.74 Å². The van der Waals surface area contributed by atoms with Gasteiger partial charge in [-0.15, -0.1) is 0 Å². The summed E-state index contributed by atoms with van der Waals surface area (Å²) in [5.41, 5.74) is -0.565. The van der Waals surface area contributed by atoms with Gasteiger partial charge in [-0.25, -0.2) is 19.6 Å². The Balaban J connectivity index is 1.51. The highest BCUT2D eigenvalue weighted by Crippen LogP contribution is 2.46. The molecule has 124 valence electrons. The SMILES string of the molecule is CC(C)(C)OC(=O)NC1C2CN(c3cnc(C(=O)O)cn3)CC21. The van der Waals surface area contributed by atoms with Gasteiger partial charge in [0, 0.05) is 31.0 Å². The molecule has 1 saturated carbocycles. The van der Waals surface area contributed by atoms with Crippen molar-refractivity contribution in [1.82, 2.24) is 15.3 Å². The number of rotatable bonds is 3. The van der Waals surface area contributed by atoms with Gasteiger partial charge in [0.1, 0.15) is 11.4 Å². The van der Waals surface area contributed by atoms with Crippen LogP contribution >= 0.6 is 0 Å². The fourth-order valence-electron chi connectivity index (χ4n) is 2.97. The number of carbonyl (C=O) groups excluding carboxylic acids is 1. The number of fused-ring (bicyclic) bond motifs is 1. The molecule has 2 N–H and O–H groups in total. The highest BCUT2D eigenvalue weighted by atomic mass is 16.6. The van der Waals surface area contributed by atoms with E-state index in [-0.39, 0.29) is 17.8 Å². The Morgan fingerprint density at radius 1 is 1.26 bits per heavy atom. The number of aromatic carboxylic acids is 1. The van der Waals surface area contributed by atoms with Gasteiger partial charge < -0.3 is 20.1 Å². The first-order valence-electron chi connectivity index (χ1n) is 7.54. The number of hydrogen-bond donors (Lipinski definition) is 2. The number of nitrogens with one attached hydrogen (secondary N) is 1. The van der Waals surface area contributed by atoms with Crippen LogP contribution in [0.4, 0.5) is 10.6 Å². The lowest BCUT2D eigenvalue weighted by Crippen LogP contribution is -2.38. The zero-order valence-corrected chi connectivity index (χ0v) is 13.3. The number of piperidine rings is 1. The van der Waals surface area contributed by atoms with E-state index >= 15 is 0 Å². The molecular weight excluding hydrogens is 300 g/mol. The van der Waals surface area contributed by atoms with Gasteiger partial charge >= 0.3 is 12.1 Å². The molecule has 1 aliphatic carbocycles. The van der Waals surface area contributed by atoms with Crippen LogP contribution in [0.2, 0.25) is 0 Å². The summed E-state index contributed by atoms with van der Waals surface area (Å²) in [6, 6.07) is 0.146.